The summed E-state index contributed by atoms with van der Waals surface area (Å²) >= 11 is 1.90. The first-order chi connectivity index (χ1) is 21.7. The average molecular weight is 581 g/mol. The van der Waals surface area contributed by atoms with Gasteiger partial charge in [0.1, 0.15) is 11.5 Å². The number of nitrogens with zero attached hydrogens (tertiary/aromatic N) is 2. The molecule has 2 aliphatic rings. The Bertz CT molecular complexity index is 2410. The third kappa shape index (κ3) is 3.22. The van der Waals surface area contributed by atoms with E-state index in [1.54, 1.807) is 0 Å². The highest BCUT2D eigenvalue weighted by Crippen LogP contribution is 2.46. The summed E-state index contributed by atoms with van der Waals surface area (Å²) in [6.45, 7) is 2.32. The zero-order chi connectivity index (χ0) is 28.9. The van der Waals surface area contributed by atoms with Crippen LogP contribution >= 0.6 is 11.3 Å². The van der Waals surface area contributed by atoms with Crippen molar-refractivity contribution in [2.24, 2.45) is 0 Å². The number of para-hydroxylation sites is 4. The van der Waals surface area contributed by atoms with Crippen molar-refractivity contribution >= 4 is 82.7 Å². The van der Waals surface area contributed by atoms with Gasteiger partial charge in [-0.05, 0) is 89.5 Å². The molecule has 0 radical (unpaired) electrons. The molecule has 0 N–H and O–H groups in total. The van der Waals surface area contributed by atoms with Crippen LogP contribution in [0.2, 0.25) is 0 Å². The van der Waals surface area contributed by atoms with Crippen molar-refractivity contribution in [2.75, 3.05) is 4.90 Å². The summed E-state index contributed by atoms with van der Waals surface area (Å²) in [5.41, 5.74) is 12.3. The Balaban J connectivity index is 1.26. The summed E-state index contributed by atoms with van der Waals surface area (Å²) in [5.74, 6) is 1.93. The first kappa shape index (κ1) is 24.2. The molecule has 44 heavy (non-hydrogen) atoms. The Hall–Kier alpha value is -5.26. The number of hydrogen-bond donors (Lipinski definition) is 0. The van der Waals surface area contributed by atoms with Crippen LogP contribution in [0.15, 0.2) is 133 Å². The minimum absolute atomic E-state index is 0.147. The van der Waals surface area contributed by atoms with Crippen molar-refractivity contribution in [2.45, 2.75) is 6.92 Å². The zero-order valence-corrected chi connectivity index (χ0v) is 24.8. The van der Waals surface area contributed by atoms with Gasteiger partial charge in [-0.3, -0.25) is 0 Å². The molecule has 0 saturated heterocycles. The number of rotatable bonds is 3. The van der Waals surface area contributed by atoms with Gasteiger partial charge in [-0.15, -0.1) is 11.3 Å². The van der Waals surface area contributed by atoms with Crippen molar-refractivity contribution in [3.05, 3.63) is 139 Å². The standard InChI is InChI=1S/C39H25BN2OS/c1-24-21-32-36-34(22-24)43-33-18-9-8-16-30(33)40(36)31-17-10-15-29-37(31)42(32)38-28-20-19-27(23-35(28)44-39(29)38)41(25-11-4-2-5-12-25)26-13-6-3-7-14-26/h2-23H,1H3. The lowest BCUT2D eigenvalue weighted by molar-refractivity contribution is 0.487. The summed E-state index contributed by atoms with van der Waals surface area (Å²) in [4.78, 5) is 2.34. The smallest absolute Gasteiger partial charge is 0.256 e. The first-order valence-electron chi connectivity index (χ1n) is 15.1. The van der Waals surface area contributed by atoms with Crippen LogP contribution in [0.4, 0.5) is 17.1 Å². The van der Waals surface area contributed by atoms with E-state index in [0.29, 0.717) is 0 Å². The summed E-state index contributed by atoms with van der Waals surface area (Å²) in [6.07, 6.45) is 0. The molecule has 0 bridgehead atoms. The van der Waals surface area contributed by atoms with E-state index in [1.807, 2.05) is 11.3 Å². The number of aryl methyl sites for hydroxylation is 1. The molecule has 6 aromatic carbocycles. The highest BCUT2D eigenvalue weighted by molar-refractivity contribution is 7.26. The van der Waals surface area contributed by atoms with Crippen molar-refractivity contribution < 1.29 is 4.74 Å². The molecular weight excluding hydrogens is 555 g/mol. The predicted octanol–water partition coefficient (Wildman–Crippen LogP) is 8.71. The van der Waals surface area contributed by atoms with Gasteiger partial charge in [0.05, 0.1) is 15.7 Å². The second-order valence-electron chi connectivity index (χ2n) is 11.8. The second-order valence-corrected chi connectivity index (χ2v) is 12.9. The molecule has 0 saturated carbocycles. The maximum Gasteiger partial charge on any atom is 0.256 e. The second kappa shape index (κ2) is 8.88. The largest absolute Gasteiger partial charge is 0.458 e. The lowest BCUT2D eigenvalue weighted by Gasteiger charge is -2.33. The van der Waals surface area contributed by atoms with E-state index in [2.05, 4.69) is 150 Å². The maximum atomic E-state index is 6.58. The molecule has 2 aromatic heterocycles. The Labute approximate surface area is 259 Å². The number of benzene rings is 6. The Morgan fingerprint density at radius 1 is 0.614 bits per heavy atom. The molecule has 5 heteroatoms. The van der Waals surface area contributed by atoms with Crippen LogP contribution in [0, 0.1) is 6.92 Å². The van der Waals surface area contributed by atoms with E-state index in [0.717, 1.165) is 28.6 Å². The zero-order valence-electron chi connectivity index (χ0n) is 24.0. The third-order valence-electron chi connectivity index (χ3n) is 9.25. The summed E-state index contributed by atoms with van der Waals surface area (Å²) in [5, 5.41) is 2.60. The van der Waals surface area contributed by atoms with Gasteiger partial charge in [0.25, 0.3) is 6.71 Å². The average Bonchev–Trinajstić information content (AvgIpc) is 3.59. The minimum Gasteiger partial charge on any atom is -0.458 e. The molecule has 2 aliphatic heterocycles. The monoisotopic (exact) mass is 580 g/mol. The fraction of sp³-hybridized carbons (Fsp3) is 0.0256. The highest BCUT2D eigenvalue weighted by Gasteiger charge is 2.40. The van der Waals surface area contributed by atoms with E-state index in [1.165, 1.54) is 58.8 Å². The third-order valence-corrected chi connectivity index (χ3v) is 10.4. The quantitative estimate of drug-likeness (QED) is 0.195. The van der Waals surface area contributed by atoms with E-state index >= 15 is 0 Å². The van der Waals surface area contributed by atoms with Crippen LogP contribution in [0.1, 0.15) is 5.56 Å². The van der Waals surface area contributed by atoms with Gasteiger partial charge in [0, 0.05) is 38.2 Å². The van der Waals surface area contributed by atoms with Gasteiger partial charge >= 0.3 is 0 Å². The fourth-order valence-corrected chi connectivity index (χ4v) is 8.76. The van der Waals surface area contributed by atoms with Gasteiger partial charge in [-0.1, -0.05) is 72.8 Å². The summed E-state index contributed by atoms with van der Waals surface area (Å²) < 4.78 is 11.7. The van der Waals surface area contributed by atoms with Gasteiger partial charge in [0.2, 0.25) is 0 Å². The topological polar surface area (TPSA) is 17.4 Å². The summed E-state index contributed by atoms with van der Waals surface area (Å²) in [7, 11) is 0. The van der Waals surface area contributed by atoms with Gasteiger partial charge < -0.3 is 14.2 Å². The van der Waals surface area contributed by atoms with Crippen molar-refractivity contribution in [3.8, 4) is 17.2 Å². The van der Waals surface area contributed by atoms with Crippen LogP contribution in [0.25, 0.3) is 36.9 Å². The molecule has 8 aromatic rings. The minimum atomic E-state index is 0.147. The molecule has 206 valence electrons. The van der Waals surface area contributed by atoms with Gasteiger partial charge in [-0.25, -0.2) is 0 Å². The first-order valence-corrected chi connectivity index (χ1v) is 15.9. The van der Waals surface area contributed by atoms with Crippen LogP contribution < -0.4 is 26.0 Å². The number of hydrogen-bond acceptors (Lipinski definition) is 3. The predicted molar refractivity (Wildman–Crippen MR) is 187 cm³/mol. The molecule has 0 fully saturated rings. The lowest BCUT2D eigenvalue weighted by atomic mass is 9.34. The normalized spacial score (nSPS) is 12.8. The Morgan fingerprint density at radius 3 is 2.14 bits per heavy atom. The number of ether oxygens (including phenoxy) is 1. The molecule has 0 atom stereocenters. The molecule has 0 unspecified atom stereocenters. The molecule has 10 rings (SSSR count). The highest BCUT2D eigenvalue weighted by atomic mass is 32.1. The SMILES string of the molecule is Cc1cc2c3c(c1)-n1c4c(cccc4c4sc5cc(N(c6ccccc6)c6ccccc6)ccc5c41)B3c1ccccc1O2. The van der Waals surface area contributed by atoms with E-state index < -0.39 is 0 Å². The molecule has 0 amide bonds. The number of aromatic nitrogens is 1. The van der Waals surface area contributed by atoms with Crippen LogP contribution in [0.3, 0.4) is 0 Å². The van der Waals surface area contributed by atoms with Gasteiger partial charge in [-0.2, -0.15) is 0 Å². The van der Waals surface area contributed by atoms with Gasteiger partial charge in [0.15, 0.2) is 0 Å². The van der Waals surface area contributed by atoms with Crippen LogP contribution in [0.5, 0.6) is 11.5 Å². The van der Waals surface area contributed by atoms with Crippen molar-refractivity contribution in [1.29, 1.82) is 0 Å². The molecular formula is C39H25BN2OS. The van der Waals surface area contributed by atoms with Crippen LogP contribution in [-0.2, 0) is 0 Å². The molecule has 0 aliphatic carbocycles. The van der Waals surface area contributed by atoms with E-state index in [-0.39, 0.29) is 6.71 Å². The Morgan fingerprint density at radius 2 is 1.34 bits per heavy atom. The van der Waals surface area contributed by atoms with E-state index in [4.69, 9.17) is 4.74 Å². The number of anilines is 3. The number of fused-ring (bicyclic) bond motifs is 9. The maximum absolute atomic E-state index is 6.58. The summed E-state index contributed by atoms with van der Waals surface area (Å²) in [6, 6.07) is 48.2. The molecule has 3 nitrogen and oxygen atoms in total. The van der Waals surface area contributed by atoms with Crippen LogP contribution in [-0.4, -0.2) is 11.3 Å². The molecule has 4 heterocycles. The van der Waals surface area contributed by atoms with Crippen molar-refractivity contribution in [3.63, 3.8) is 0 Å². The number of thiophene rings is 1. The van der Waals surface area contributed by atoms with E-state index in [9.17, 15) is 0 Å². The van der Waals surface area contributed by atoms with Crippen molar-refractivity contribution in [1.82, 2.24) is 4.57 Å². The lowest BCUT2D eigenvalue weighted by Crippen LogP contribution is -2.58. The molecule has 0 spiro atoms. The fourth-order valence-electron chi connectivity index (χ4n) is 7.51. The Kier molecular flexibility index (Phi) is 4.89.